The van der Waals surface area contributed by atoms with Crippen LogP contribution in [0.2, 0.25) is 0 Å². The summed E-state index contributed by atoms with van der Waals surface area (Å²) < 4.78 is 60.2. The lowest BCUT2D eigenvalue weighted by Gasteiger charge is -2.32. The molecular formula is C107H134B7BrO17S7. The molecule has 4 fully saturated rings. The summed E-state index contributed by atoms with van der Waals surface area (Å²) in [5, 5.41) is 72.3. The van der Waals surface area contributed by atoms with E-state index < -0.39 is 43.4 Å². The maximum atomic E-state index is 12.1. The molecule has 0 bridgehead atoms. The summed E-state index contributed by atoms with van der Waals surface area (Å²) >= 11 is 21.3. The van der Waals surface area contributed by atoms with Gasteiger partial charge >= 0.3 is 49.8 Å². The number of benzene rings is 12. The van der Waals surface area contributed by atoms with Gasteiger partial charge in [0.1, 0.15) is 0 Å². The second kappa shape index (κ2) is 53.9. The van der Waals surface area contributed by atoms with Crippen molar-refractivity contribution in [1.82, 2.24) is 0 Å². The summed E-state index contributed by atoms with van der Waals surface area (Å²) in [4.78, 5) is 7.02. The molecule has 734 valence electrons. The summed E-state index contributed by atoms with van der Waals surface area (Å²) in [6, 6.07) is 104. The Bertz CT molecular complexity index is 5350. The normalized spacial score (nSPS) is 16.3. The molecule has 0 radical (unpaired) electrons. The molecule has 0 aromatic heterocycles. The van der Waals surface area contributed by atoms with E-state index in [0.717, 1.165) is 69.6 Å². The maximum Gasteiger partial charge on any atom is 0.494 e. The zero-order valence-corrected chi connectivity index (χ0v) is 90.8. The lowest BCUT2D eigenvalue weighted by Crippen LogP contribution is -2.44. The Hall–Kier alpha value is -6.82. The van der Waals surface area contributed by atoms with Crippen LogP contribution in [-0.4, -0.2) is 150 Å². The minimum Gasteiger partial charge on any atom is -0.423 e. The molecule has 4 heterocycles. The molecule has 0 amide bonds. The van der Waals surface area contributed by atoms with Crippen LogP contribution in [-0.2, 0) is 76.4 Å². The molecular weight excluding hydrogens is 1940 g/mol. The van der Waals surface area contributed by atoms with Gasteiger partial charge in [0.25, 0.3) is 0 Å². The molecule has 0 aliphatic carbocycles. The highest BCUT2D eigenvalue weighted by Gasteiger charge is 2.55. The van der Waals surface area contributed by atoms with E-state index in [-0.39, 0.29) is 73.3 Å². The van der Waals surface area contributed by atoms with Crippen LogP contribution in [0.15, 0.2) is 356 Å². The average molecular weight is 2070 g/mol. The van der Waals surface area contributed by atoms with Gasteiger partial charge in [0.05, 0.1) is 72.6 Å². The van der Waals surface area contributed by atoms with Crippen molar-refractivity contribution < 1.29 is 81.8 Å². The van der Waals surface area contributed by atoms with E-state index in [4.69, 9.17) is 77.6 Å². The molecule has 32 heteroatoms. The van der Waals surface area contributed by atoms with E-state index in [1.807, 2.05) is 163 Å². The van der Waals surface area contributed by atoms with Gasteiger partial charge in [0.15, 0.2) is 0 Å². The summed E-state index contributed by atoms with van der Waals surface area (Å²) in [6.45, 7) is 39.4. The van der Waals surface area contributed by atoms with Gasteiger partial charge in [-0.1, -0.05) is 253 Å². The zero-order valence-electron chi connectivity index (χ0n) is 83.3. The van der Waals surface area contributed by atoms with Gasteiger partial charge in [-0.3, -0.25) is 4.21 Å². The third-order valence-corrected chi connectivity index (χ3v) is 31.0. The van der Waals surface area contributed by atoms with Crippen LogP contribution in [0.1, 0.15) is 166 Å². The van der Waals surface area contributed by atoms with Crippen molar-refractivity contribution in [3.05, 3.63) is 349 Å². The second-order valence-electron chi connectivity index (χ2n) is 38.6. The fourth-order valence-electron chi connectivity index (χ4n) is 12.4. The molecule has 12 aromatic rings. The molecule has 17 nitrogen and oxygen atoms in total. The number of hydrogen-bond donors (Lipinski definition) is 11. The molecule has 0 saturated carbocycles. The van der Waals surface area contributed by atoms with Gasteiger partial charge in [-0.2, -0.15) is 0 Å². The Kier molecular flexibility index (Phi) is 45.5. The number of hydrogen-bond acceptors (Lipinski definition) is 23. The Balaban J connectivity index is 0.000000195. The molecule has 1 atom stereocenters. The van der Waals surface area contributed by atoms with Gasteiger partial charge < -0.3 is 77.6 Å². The van der Waals surface area contributed by atoms with Gasteiger partial charge in [-0.05, 0) is 289 Å². The second-order valence-corrected chi connectivity index (χ2v) is 45.3. The first kappa shape index (κ1) is 117. The van der Waals surface area contributed by atoms with Gasteiger partial charge in [-0.25, -0.2) is 0 Å². The van der Waals surface area contributed by atoms with Gasteiger partial charge in [0, 0.05) is 56.9 Å². The third kappa shape index (κ3) is 37.6. The first-order chi connectivity index (χ1) is 65.2. The van der Waals surface area contributed by atoms with E-state index in [0.29, 0.717) is 27.0 Å². The van der Waals surface area contributed by atoms with Crippen LogP contribution in [0.5, 0.6) is 0 Å². The number of rotatable bonds is 21. The number of thioether (sulfide) groups is 3. The van der Waals surface area contributed by atoms with Crippen LogP contribution >= 0.6 is 89.1 Å². The number of alkyl halides is 1. The number of halogens is 1. The first-order valence-electron chi connectivity index (χ1n) is 45.9. The smallest absolute Gasteiger partial charge is 0.423 e. The van der Waals surface area contributed by atoms with Crippen LogP contribution in [0.3, 0.4) is 0 Å². The van der Waals surface area contributed by atoms with Crippen LogP contribution in [0.4, 0.5) is 0 Å². The molecule has 139 heavy (non-hydrogen) atoms. The van der Waals surface area contributed by atoms with Crippen molar-refractivity contribution in [3.8, 4) is 0 Å². The largest absolute Gasteiger partial charge is 0.494 e. The van der Waals surface area contributed by atoms with Crippen molar-refractivity contribution >= 4 is 188 Å². The predicted octanol–water partition coefficient (Wildman–Crippen LogP) is 18.2. The monoisotopic (exact) mass is 2070 g/mol. The Labute approximate surface area is 868 Å². The van der Waals surface area contributed by atoms with E-state index >= 15 is 0 Å². The lowest BCUT2D eigenvalue weighted by atomic mass is 9.79. The quantitative estimate of drug-likeness (QED) is 0.0138. The van der Waals surface area contributed by atoms with Gasteiger partial charge in [0.2, 0.25) is 0 Å². The highest BCUT2D eigenvalue weighted by molar-refractivity contribution is 9.08. The van der Waals surface area contributed by atoms with Crippen molar-refractivity contribution in [1.29, 1.82) is 0 Å². The Morgan fingerprint density at radius 2 is 0.475 bits per heavy atom. The minimum absolute atomic E-state index is 0.279. The Morgan fingerprint density at radius 1 is 0.288 bits per heavy atom. The molecule has 16 rings (SSSR count). The van der Waals surface area contributed by atoms with E-state index in [9.17, 15) is 4.21 Å². The molecule has 8 N–H and O–H groups in total. The van der Waals surface area contributed by atoms with E-state index in [1.165, 1.54) is 32.0 Å². The highest BCUT2D eigenvalue weighted by atomic mass is 79.9. The SMILES string of the molecule is BrCc1ccccc1.CC(C)(O)C(C)(C)O.CC1(C)OB(c2ccc(S)cc2)OC1(C)C.CC1(C)OB(c2ccc(S)cc2)OC1(C)C.CC1(C)OB(c2ccc(SCc3ccccc3)cc2)OC1(C)C.CC1(C)OB(c2ccc(SCc3ccccc3)cc2)OC1(C)C.O=S(Cc1ccccc1)c1ccc(B(O)O)cc1.OB(O)c1ccc(S)cc1.OB(O)c1ccc(SCc2ccccc2)cc1. The van der Waals surface area contributed by atoms with Crippen LogP contribution in [0.25, 0.3) is 0 Å². The molecule has 4 aliphatic rings. The highest BCUT2D eigenvalue weighted by Crippen LogP contribution is 2.41. The molecule has 4 saturated heterocycles. The standard InChI is InChI=1S/2C19H23BO2S.C13H13BO3S.C13H13BO2S.2C12H17BO2S.C7H7Br.C6H7BO2S.C6H14O2/c2*1-18(2)19(3,4)22-20(21-18)16-10-12-17(13-11-16)23-14-15-8-6-5-7-9-15;15-14(16)12-6-8-13(9-7-12)18(17)10-11-4-2-1-3-5-11;15-14(16)12-6-8-13(9-7-12)17-10-11-4-2-1-3-5-11;2*1-11(2)12(3,4)15-13(14-11)9-5-7-10(16)8-6-9;8-6-7-4-2-1-3-5-7;8-7(9)5-1-3-6(10)4-2-5;1-5(2,7)6(3,4)8/h2*5-13H,14H2,1-4H3;1-9,15-16H,10H2;1-9,15-16H,10H2;2*5-8,16H,1-4H3;1-5H,6H2;1-4,8-10H;7-8H,1-4H3. The summed E-state index contributed by atoms with van der Waals surface area (Å²) in [6.07, 6.45) is 0. The first-order valence-corrected chi connectivity index (χ1v) is 52.7. The molecule has 12 aromatic carbocycles. The molecule has 0 spiro atoms. The van der Waals surface area contributed by atoms with Crippen molar-refractivity contribution in [3.63, 3.8) is 0 Å². The maximum absolute atomic E-state index is 12.1. The number of aliphatic hydroxyl groups is 2. The lowest BCUT2D eigenvalue weighted by molar-refractivity contribution is -0.107. The topological polar surface area (TPSA) is 253 Å². The van der Waals surface area contributed by atoms with E-state index in [2.05, 4.69) is 286 Å². The van der Waals surface area contributed by atoms with Crippen molar-refractivity contribution in [2.45, 2.75) is 257 Å². The zero-order chi connectivity index (χ0) is 102. The number of thiol groups is 3. The third-order valence-electron chi connectivity index (χ3n) is 24.8. The fourth-order valence-corrected chi connectivity index (χ4v) is 16.9. The van der Waals surface area contributed by atoms with Crippen LogP contribution in [0, 0.1) is 0 Å². The fraction of sp³-hybridized carbons (Fsp3) is 0.327. The molecule has 4 aliphatic heterocycles. The van der Waals surface area contributed by atoms with Crippen molar-refractivity contribution in [2.75, 3.05) is 0 Å². The molecule has 1 unspecified atom stereocenters. The predicted molar refractivity (Wildman–Crippen MR) is 595 cm³/mol. The average Bonchev–Trinajstić information content (AvgIpc) is 1.64. The van der Waals surface area contributed by atoms with E-state index in [1.54, 1.807) is 100 Å². The summed E-state index contributed by atoms with van der Waals surface area (Å²) in [5.74, 6) is 3.34. The van der Waals surface area contributed by atoms with Crippen molar-refractivity contribution in [2.24, 2.45) is 0 Å². The Morgan fingerprint density at radius 3 is 0.683 bits per heavy atom. The minimum atomic E-state index is -1.48. The van der Waals surface area contributed by atoms with Crippen LogP contribution < -0.4 is 38.2 Å². The summed E-state index contributed by atoms with van der Waals surface area (Å²) in [5.41, 5.74) is 7.63. The summed E-state index contributed by atoms with van der Waals surface area (Å²) in [7, 11) is -6.50. The van der Waals surface area contributed by atoms with Gasteiger partial charge in [-0.15, -0.1) is 73.2 Å².